The van der Waals surface area contributed by atoms with E-state index in [0.717, 1.165) is 36.1 Å². The summed E-state index contributed by atoms with van der Waals surface area (Å²) in [6, 6.07) is 18.0. The van der Waals surface area contributed by atoms with E-state index in [9.17, 15) is 9.59 Å². The van der Waals surface area contributed by atoms with Crippen molar-refractivity contribution in [2.24, 2.45) is 0 Å². The molecule has 1 aliphatic carbocycles. The lowest BCUT2D eigenvalue weighted by Crippen LogP contribution is -2.46. The average molecular weight is 497 g/mol. The van der Waals surface area contributed by atoms with E-state index in [1.54, 1.807) is 18.1 Å². The van der Waals surface area contributed by atoms with Gasteiger partial charge in [0, 0.05) is 28.0 Å². The van der Waals surface area contributed by atoms with E-state index in [-0.39, 0.29) is 30.8 Å². The molecule has 0 saturated heterocycles. The van der Waals surface area contributed by atoms with Gasteiger partial charge in [0.2, 0.25) is 11.8 Å². The van der Waals surface area contributed by atoms with Gasteiger partial charge in [0.15, 0.2) is 0 Å². The molecule has 7 heteroatoms. The Balaban J connectivity index is 1.72. The number of methoxy groups -OCH3 is 1. The molecule has 4 rings (SSSR count). The van der Waals surface area contributed by atoms with Crippen molar-refractivity contribution in [3.05, 3.63) is 87.1 Å². The number of nitrogens with one attached hydrogen (secondary N) is 1. The Bertz CT molecular complexity index is 1110. The number of thiophene rings is 1. The number of hydrogen-bond acceptors (Lipinski definition) is 4. The van der Waals surface area contributed by atoms with E-state index in [1.807, 2.05) is 60.0 Å². The van der Waals surface area contributed by atoms with Crippen molar-refractivity contribution in [2.45, 2.75) is 50.7 Å². The van der Waals surface area contributed by atoms with Gasteiger partial charge in [-0.15, -0.1) is 11.3 Å². The number of halogens is 1. The second kappa shape index (κ2) is 11.5. The van der Waals surface area contributed by atoms with Crippen molar-refractivity contribution in [2.75, 3.05) is 7.11 Å². The summed E-state index contributed by atoms with van der Waals surface area (Å²) in [5.41, 5.74) is 1.51. The molecular weight excluding hydrogens is 468 g/mol. The van der Waals surface area contributed by atoms with Crippen molar-refractivity contribution in [3.63, 3.8) is 0 Å². The van der Waals surface area contributed by atoms with Crippen molar-refractivity contribution in [1.82, 2.24) is 10.2 Å². The van der Waals surface area contributed by atoms with Gasteiger partial charge in [-0.25, -0.2) is 0 Å². The minimum absolute atomic E-state index is 0.128. The van der Waals surface area contributed by atoms with Gasteiger partial charge in [0.05, 0.1) is 13.5 Å². The Morgan fingerprint density at radius 2 is 1.91 bits per heavy atom. The highest BCUT2D eigenvalue weighted by atomic mass is 35.5. The molecule has 1 aliphatic rings. The third-order valence-electron chi connectivity index (χ3n) is 6.17. The van der Waals surface area contributed by atoms with Gasteiger partial charge in [-0.2, -0.15) is 0 Å². The average Bonchev–Trinajstić information content (AvgIpc) is 3.54. The number of nitrogens with zero attached hydrogens (tertiary/aromatic N) is 1. The predicted octanol–water partition coefficient (Wildman–Crippen LogP) is 5.78. The van der Waals surface area contributed by atoms with Crippen LogP contribution in [0.5, 0.6) is 5.75 Å². The minimum atomic E-state index is -0.840. The van der Waals surface area contributed by atoms with Crippen LogP contribution in [0.15, 0.2) is 66.0 Å². The molecule has 1 aromatic heterocycles. The van der Waals surface area contributed by atoms with Crippen LogP contribution in [0.1, 0.15) is 47.7 Å². The third kappa shape index (κ3) is 5.99. The molecule has 2 aromatic carbocycles. The fraction of sp³-hybridized carbons (Fsp3) is 0.333. The molecule has 178 valence electrons. The molecule has 1 atom stereocenters. The Morgan fingerprint density at radius 1 is 1.12 bits per heavy atom. The van der Waals surface area contributed by atoms with Gasteiger partial charge in [-0.3, -0.25) is 9.59 Å². The van der Waals surface area contributed by atoms with Crippen LogP contribution in [0, 0.1) is 0 Å². The first-order valence-corrected chi connectivity index (χ1v) is 12.8. The van der Waals surface area contributed by atoms with Crippen LogP contribution in [-0.2, 0) is 22.6 Å². The summed E-state index contributed by atoms with van der Waals surface area (Å²) in [5.74, 6) is 0.382. The molecule has 5 nitrogen and oxygen atoms in total. The Kier molecular flexibility index (Phi) is 8.25. The van der Waals surface area contributed by atoms with Crippen molar-refractivity contribution in [1.29, 1.82) is 0 Å². The first kappa shape index (κ1) is 24.3. The van der Waals surface area contributed by atoms with Crippen LogP contribution in [-0.4, -0.2) is 29.9 Å². The van der Waals surface area contributed by atoms with Crippen LogP contribution >= 0.6 is 22.9 Å². The van der Waals surface area contributed by atoms with Gasteiger partial charge in [-0.1, -0.05) is 60.8 Å². The smallest absolute Gasteiger partial charge is 0.247 e. The molecule has 0 unspecified atom stereocenters. The molecule has 0 radical (unpaired) electrons. The summed E-state index contributed by atoms with van der Waals surface area (Å²) < 4.78 is 5.38. The van der Waals surface area contributed by atoms with Crippen LogP contribution in [0.3, 0.4) is 0 Å². The first-order chi connectivity index (χ1) is 16.5. The lowest BCUT2D eigenvalue weighted by Gasteiger charge is -2.33. The zero-order chi connectivity index (χ0) is 23.9. The van der Waals surface area contributed by atoms with E-state index in [0.29, 0.717) is 16.3 Å². The van der Waals surface area contributed by atoms with Crippen LogP contribution < -0.4 is 10.1 Å². The van der Waals surface area contributed by atoms with Crippen LogP contribution in [0.4, 0.5) is 0 Å². The normalized spacial score (nSPS) is 14.5. The standard InChI is InChI=1S/C27H29ClN2O3S/c1-33-21-11-6-8-19(16-21)18-30(25(31)17-22-12-7-15-34-22)26(23-13-4-5-14-24(23)28)27(32)29-20-9-2-3-10-20/h4-8,11-16,20,26H,2-3,9-10,17-18H2,1H3,(H,29,32)/t26-/m0/s1. The summed E-state index contributed by atoms with van der Waals surface area (Å²) in [4.78, 5) is 30.0. The molecule has 3 aromatic rings. The van der Waals surface area contributed by atoms with Gasteiger partial charge >= 0.3 is 0 Å². The molecule has 34 heavy (non-hydrogen) atoms. The molecule has 1 N–H and O–H groups in total. The SMILES string of the molecule is COc1cccc(CN(C(=O)Cc2cccs2)[C@H](C(=O)NC2CCCC2)c2ccccc2Cl)c1. The van der Waals surface area contributed by atoms with Gasteiger partial charge in [0.25, 0.3) is 0 Å². The van der Waals surface area contributed by atoms with Crippen molar-refractivity contribution >= 4 is 34.8 Å². The van der Waals surface area contributed by atoms with Gasteiger partial charge in [-0.05, 0) is 48.1 Å². The molecule has 0 aliphatic heterocycles. The zero-order valence-electron chi connectivity index (χ0n) is 19.2. The topological polar surface area (TPSA) is 58.6 Å². The number of amides is 2. The number of ether oxygens (including phenoxy) is 1. The highest BCUT2D eigenvalue weighted by Crippen LogP contribution is 2.31. The third-order valence-corrected chi connectivity index (χ3v) is 7.39. The number of benzene rings is 2. The zero-order valence-corrected chi connectivity index (χ0v) is 20.8. The molecule has 1 fully saturated rings. The Hall–Kier alpha value is -2.83. The highest BCUT2D eigenvalue weighted by Gasteiger charge is 2.34. The van der Waals surface area contributed by atoms with Gasteiger partial charge in [0.1, 0.15) is 11.8 Å². The van der Waals surface area contributed by atoms with Crippen LogP contribution in [0.25, 0.3) is 0 Å². The van der Waals surface area contributed by atoms with E-state index < -0.39 is 6.04 Å². The monoisotopic (exact) mass is 496 g/mol. The summed E-state index contributed by atoms with van der Waals surface area (Å²) in [6.07, 6.45) is 4.35. The maximum atomic E-state index is 13.7. The fourth-order valence-corrected chi connectivity index (χ4v) is 5.39. The van der Waals surface area contributed by atoms with Crippen molar-refractivity contribution in [3.8, 4) is 5.75 Å². The van der Waals surface area contributed by atoms with E-state index in [2.05, 4.69) is 5.32 Å². The molecule has 1 heterocycles. The second-order valence-corrected chi connectivity index (χ2v) is 9.98. The number of carbonyl (C=O) groups is 2. The second-order valence-electron chi connectivity index (χ2n) is 8.54. The van der Waals surface area contributed by atoms with E-state index >= 15 is 0 Å². The first-order valence-electron chi connectivity index (χ1n) is 11.5. The predicted molar refractivity (Wildman–Crippen MR) is 136 cm³/mol. The molecular formula is C27H29ClN2O3S. The van der Waals surface area contributed by atoms with E-state index in [4.69, 9.17) is 16.3 Å². The summed E-state index contributed by atoms with van der Waals surface area (Å²) in [5, 5.41) is 5.61. The van der Waals surface area contributed by atoms with Crippen LogP contribution in [0.2, 0.25) is 5.02 Å². The largest absolute Gasteiger partial charge is 0.497 e. The maximum absolute atomic E-state index is 13.7. The lowest BCUT2D eigenvalue weighted by atomic mass is 10.0. The Morgan fingerprint density at radius 3 is 2.62 bits per heavy atom. The lowest BCUT2D eigenvalue weighted by molar-refractivity contribution is -0.141. The van der Waals surface area contributed by atoms with Gasteiger partial charge < -0.3 is 15.0 Å². The minimum Gasteiger partial charge on any atom is -0.497 e. The fourth-order valence-electron chi connectivity index (χ4n) is 4.45. The summed E-state index contributed by atoms with van der Waals surface area (Å²) in [7, 11) is 1.61. The highest BCUT2D eigenvalue weighted by molar-refractivity contribution is 7.10. The maximum Gasteiger partial charge on any atom is 0.247 e. The number of hydrogen-bond donors (Lipinski definition) is 1. The molecule has 2 amide bonds. The molecule has 1 saturated carbocycles. The quantitative estimate of drug-likeness (QED) is 0.408. The summed E-state index contributed by atoms with van der Waals surface area (Å²) >= 11 is 8.12. The Labute approximate surface area is 209 Å². The van der Waals surface area contributed by atoms with E-state index in [1.165, 1.54) is 11.3 Å². The number of rotatable bonds is 9. The summed E-state index contributed by atoms with van der Waals surface area (Å²) in [6.45, 7) is 0.259. The molecule has 0 spiro atoms. The number of carbonyl (C=O) groups excluding carboxylic acids is 2. The van der Waals surface area contributed by atoms with Crippen molar-refractivity contribution < 1.29 is 14.3 Å². The molecule has 0 bridgehead atoms.